The summed E-state index contributed by atoms with van der Waals surface area (Å²) >= 11 is 0. The van der Waals surface area contributed by atoms with Gasteiger partial charge in [-0.25, -0.2) is 0 Å². The van der Waals surface area contributed by atoms with Gasteiger partial charge >= 0.3 is 71.8 Å². The van der Waals surface area contributed by atoms with Gasteiger partial charge in [0.2, 0.25) is 0 Å². The van der Waals surface area contributed by atoms with Gasteiger partial charge in [0.1, 0.15) is 23.8 Å². The Bertz CT molecular complexity index is 2210. The first-order chi connectivity index (χ1) is 31.3. The number of halogens is 27. The molecule has 2 rings (SSSR count). The van der Waals surface area contributed by atoms with Crippen LogP contribution >= 0.6 is 0 Å². The highest BCUT2D eigenvalue weighted by atomic mass is 19.4. The van der Waals surface area contributed by atoms with Gasteiger partial charge in [-0.2, -0.15) is 134 Å². The number of alkyl halides is 27. The van der Waals surface area contributed by atoms with Crippen LogP contribution in [0, 0.1) is 44.8 Å². The van der Waals surface area contributed by atoms with Gasteiger partial charge in [0, 0.05) is 24.5 Å². The maximum absolute atomic E-state index is 15.5. The first kappa shape index (κ1) is 62.3. The van der Waals surface area contributed by atoms with Crippen molar-refractivity contribution < 1.29 is 119 Å². The summed E-state index contributed by atoms with van der Waals surface area (Å²) in [4.78, 5) is 0. The summed E-state index contributed by atoms with van der Waals surface area (Å²) in [5.74, 6) is -70.8. The van der Waals surface area contributed by atoms with Crippen LogP contribution < -0.4 is 10.6 Å². The van der Waals surface area contributed by atoms with Gasteiger partial charge in [0.05, 0.1) is 16.7 Å². The standard InChI is InChI=1S/C39H34F27N5/c1-26(2)11-18(22(17-69)28(40,41)31(46,47)34(52,53)37(58,59)60)20(15-67)23(13-26)70-9-7-5-6-8-10-71-24-14-27(3,4)12-19(21(24)16-68)25(29(42,43)32(48,49)35(54,55)38(61,62)63)30(44,45)33(50,51)36(56,57)39(64,65)66/h70-71H,5-14H2,1-4H3/b22-18+. The van der Waals surface area contributed by atoms with Crippen LogP contribution in [-0.4, -0.2) is 84.9 Å². The molecule has 2 N–H and O–H groups in total. The molecule has 0 aromatic heterocycles. The Morgan fingerprint density at radius 1 is 0.408 bits per heavy atom. The van der Waals surface area contributed by atoms with Gasteiger partial charge in [0.15, 0.2) is 0 Å². The van der Waals surface area contributed by atoms with Crippen molar-refractivity contribution in [2.45, 2.75) is 151 Å². The van der Waals surface area contributed by atoms with E-state index < -0.39 is 153 Å². The summed E-state index contributed by atoms with van der Waals surface area (Å²) in [6.45, 7) is 2.97. The molecule has 0 radical (unpaired) electrons. The van der Waals surface area contributed by atoms with Crippen LogP contribution in [0.25, 0.3) is 0 Å². The van der Waals surface area contributed by atoms with E-state index >= 15 is 17.6 Å². The van der Waals surface area contributed by atoms with E-state index in [0.29, 0.717) is 6.07 Å². The molecule has 404 valence electrons. The van der Waals surface area contributed by atoms with Crippen LogP contribution in [0.3, 0.4) is 0 Å². The lowest BCUT2D eigenvalue weighted by atomic mass is 9.70. The van der Waals surface area contributed by atoms with Crippen LogP contribution in [0.4, 0.5) is 119 Å². The van der Waals surface area contributed by atoms with Gasteiger partial charge in [-0.1, -0.05) is 40.5 Å². The minimum absolute atomic E-state index is 0.0371. The Labute approximate surface area is 383 Å². The molecule has 0 bridgehead atoms. The van der Waals surface area contributed by atoms with Crippen molar-refractivity contribution in [3.63, 3.8) is 0 Å². The molecule has 0 unspecified atom stereocenters. The number of hydrogen-bond donors (Lipinski definition) is 2. The lowest BCUT2D eigenvalue weighted by molar-refractivity contribution is -0.407. The number of nitrogens with one attached hydrogen (secondary N) is 2. The molecule has 2 aliphatic carbocycles. The maximum Gasteiger partial charge on any atom is 0.460 e. The number of nitrogens with zero attached hydrogens (tertiary/aromatic N) is 3. The molecule has 0 amide bonds. The number of rotatable bonds is 18. The predicted molar refractivity (Wildman–Crippen MR) is 188 cm³/mol. The Morgan fingerprint density at radius 2 is 0.690 bits per heavy atom. The summed E-state index contributed by atoms with van der Waals surface area (Å²) in [6.07, 6.45) is -27.5. The number of hydrogen-bond acceptors (Lipinski definition) is 5. The topological polar surface area (TPSA) is 95.4 Å². The molecule has 0 atom stereocenters. The normalized spacial score (nSPS) is 19.2. The zero-order valence-corrected chi connectivity index (χ0v) is 36.1. The van der Waals surface area contributed by atoms with E-state index in [9.17, 15) is 117 Å². The van der Waals surface area contributed by atoms with E-state index in [-0.39, 0.29) is 38.6 Å². The summed E-state index contributed by atoms with van der Waals surface area (Å²) in [6, 6.07) is 2.53. The van der Waals surface area contributed by atoms with Gasteiger partial charge in [-0.05, 0) is 60.5 Å². The molecule has 71 heavy (non-hydrogen) atoms. The summed E-state index contributed by atoms with van der Waals surface area (Å²) < 4.78 is 379. The van der Waals surface area contributed by atoms with E-state index in [0.717, 1.165) is 19.9 Å². The monoisotopic (exact) mass is 1090 g/mol. The first-order valence-corrected chi connectivity index (χ1v) is 19.6. The molecular formula is C39H34F27N5. The number of unbranched alkanes of at least 4 members (excludes halogenated alkanes) is 3. The molecule has 0 saturated heterocycles. The molecule has 0 heterocycles. The van der Waals surface area contributed by atoms with Crippen molar-refractivity contribution in [3.8, 4) is 18.2 Å². The van der Waals surface area contributed by atoms with Crippen LogP contribution in [0.2, 0.25) is 0 Å². The Morgan fingerprint density at radius 3 is 0.972 bits per heavy atom. The average molecular weight is 1090 g/mol. The smallest absolute Gasteiger partial charge is 0.387 e. The molecule has 0 aromatic rings. The molecule has 0 spiro atoms. The third kappa shape index (κ3) is 10.8. The van der Waals surface area contributed by atoms with Gasteiger partial charge in [0.25, 0.3) is 0 Å². The SMILES string of the molecule is CC1(C)CC(NCCCCCCNC2=C(C#N)/C(=C(\C#N)C(F)(F)C(F)(F)C(F)(F)C(F)(F)F)CC(C)(C)C2)=C(C#N)C(=C(C(F)(F)C(F)(F)C(F)(F)C(F)(F)F)C(F)(F)C(F)(F)C(F)(F)C(F)(F)F)C1. The van der Waals surface area contributed by atoms with Crippen molar-refractivity contribution in [2.24, 2.45) is 10.8 Å². The molecule has 0 saturated carbocycles. The minimum Gasteiger partial charge on any atom is -0.387 e. The van der Waals surface area contributed by atoms with Crippen molar-refractivity contribution in [1.29, 1.82) is 15.8 Å². The van der Waals surface area contributed by atoms with Crippen molar-refractivity contribution >= 4 is 0 Å². The third-order valence-electron chi connectivity index (χ3n) is 10.9. The highest BCUT2D eigenvalue weighted by Crippen LogP contribution is 2.64. The maximum atomic E-state index is 15.5. The van der Waals surface area contributed by atoms with E-state index in [4.69, 9.17) is 0 Å². The quantitative estimate of drug-likeness (QED) is 0.0810. The third-order valence-corrected chi connectivity index (χ3v) is 10.9. The van der Waals surface area contributed by atoms with E-state index in [1.165, 1.54) is 19.9 Å². The lowest BCUT2D eigenvalue weighted by Gasteiger charge is -2.43. The first-order valence-electron chi connectivity index (χ1n) is 19.6. The highest BCUT2D eigenvalue weighted by molar-refractivity contribution is 5.57. The fourth-order valence-electron chi connectivity index (χ4n) is 7.34. The fourth-order valence-corrected chi connectivity index (χ4v) is 7.34. The zero-order valence-electron chi connectivity index (χ0n) is 36.1. The van der Waals surface area contributed by atoms with E-state index in [1.54, 1.807) is 0 Å². The highest BCUT2D eigenvalue weighted by Gasteiger charge is 2.89. The van der Waals surface area contributed by atoms with Gasteiger partial charge < -0.3 is 10.6 Å². The number of nitriles is 3. The average Bonchev–Trinajstić information content (AvgIpc) is 3.16. The zero-order chi connectivity index (χ0) is 56.2. The number of allylic oxidation sites excluding steroid dienone is 8. The fraction of sp³-hybridized carbons (Fsp3) is 0.718. The Balaban J connectivity index is 2.59. The molecule has 2 aliphatic rings. The molecule has 0 aliphatic heterocycles. The van der Waals surface area contributed by atoms with Crippen LogP contribution in [0.1, 0.15) is 79.1 Å². The summed E-state index contributed by atoms with van der Waals surface area (Å²) in [5, 5.41) is 33.6. The van der Waals surface area contributed by atoms with Crippen molar-refractivity contribution in [2.75, 3.05) is 13.1 Å². The molecule has 0 fully saturated rings. The largest absolute Gasteiger partial charge is 0.460 e. The predicted octanol–water partition coefficient (Wildman–Crippen LogP) is 14.4. The van der Waals surface area contributed by atoms with E-state index in [2.05, 4.69) is 10.6 Å². The summed E-state index contributed by atoms with van der Waals surface area (Å²) in [7, 11) is 0. The van der Waals surface area contributed by atoms with Gasteiger partial charge in [-0.3, -0.25) is 0 Å². The molecular weight excluding hydrogens is 1050 g/mol. The molecule has 5 nitrogen and oxygen atoms in total. The van der Waals surface area contributed by atoms with E-state index in [1.807, 2.05) is 0 Å². The minimum atomic E-state index is -8.40. The van der Waals surface area contributed by atoms with Gasteiger partial charge in [-0.15, -0.1) is 0 Å². The Hall–Kier alpha value is -4.86. The lowest BCUT2D eigenvalue weighted by Crippen LogP contribution is -2.67. The van der Waals surface area contributed by atoms with Crippen LogP contribution in [0.15, 0.2) is 44.8 Å². The summed E-state index contributed by atoms with van der Waals surface area (Å²) in [5.41, 5.74) is -19.5. The second-order valence-corrected chi connectivity index (χ2v) is 17.7. The van der Waals surface area contributed by atoms with Crippen LogP contribution in [0.5, 0.6) is 0 Å². The molecule has 0 aromatic carbocycles. The second kappa shape index (κ2) is 19.2. The van der Waals surface area contributed by atoms with Crippen LogP contribution in [-0.2, 0) is 0 Å². The Kier molecular flexibility index (Phi) is 16.8. The van der Waals surface area contributed by atoms with Crippen molar-refractivity contribution in [3.05, 3.63) is 44.8 Å². The molecule has 32 heteroatoms. The second-order valence-electron chi connectivity index (χ2n) is 17.7. The van der Waals surface area contributed by atoms with Crippen molar-refractivity contribution in [1.82, 2.24) is 10.6 Å².